The molecule has 0 saturated carbocycles. The zero-order chi connectivity index (χ0) is 15.6. The van der Waals surface area contributed by atoms with Crippen molar-refractivity contribution in [3.63, 3.8) is 0 Å². The molecule has 5 heteroatoms. The Kier molecular flexibility index (Phi) is 5.22. The van der Waals surface area contributed by atoms with E-state index >= 15 is 0 Å². The highest BCUT2D eigenvalue weighted by atomic mass is 127. The van der Waals surface area contributed by atoms with Crippen molar-refractivity contribution in [3.05, 3.63) is 68.0 Å². The van der Waals surface area contributed by atoms with E-state index in [1.54, 1.807) is 50.4 Å². The Morgan fingerprint density at radius 1 is 1.29 bits per heavy atom. The van der Waals surface area contributed by atoms with Crippen molar-refractivity contribution in [1.82, 2.24) is 4.90 Å². The third kappa shape index (κ3) is 3.55. The molecule has 0 aliphatic carbocycles. The lowest BCUT2D eigenvalue weighted by Crippen LogP contribution is -2.30. The highest BCUT2D eigenvalue weighted by Gasteiger charge is 2.21. The number of carbonyl (C=O) groups is 1. The van der Waals surface area contributed by atoms with Crippen molar-refractivity contribution in [2.24, 2.45) is 0 Å². The van der Waals surface area contributed by atoms with Crippen LogP contribution in [0.3, 0.4) is 0 Å². The third-order valence-electron chi connectivity index (χ3n) is 3.42. The van der Waals surface area contributed by atoms with Crippen LogP contribution in [0, 0.1) is 9.39 Å². The minimum absolute atomic E-state index is 0.191. The quantitative estimate of drug-likeness (QED) is 0.649. The van der Waals surface area contributed by atoms with Crippen molar-refractivity contribution in [2.45, 2.75) is 13.0 Å². The normalized spacial score (nSPS) is 12.0. The summed E-state index contributed by atoms with van der Waals surface area (Å²) in [6.45, 7) is 1.80. The molecule has 0 saturated heterocycles. The largest absolute Gasteiger partial charge is 0.335 e. The molecule has 0 radical (unpaired) electrons. The van der Waals surface area contributed by atoms with Gasteiger partial charge in [0.15, 0.2) is 0 Å². The van der Waals surface area contributed by atoms with E-state index in [1.165, 1.54) is 11.0 Å². The van der Waals surface area contributed by atoms with E-state index < -0.39 is 0 Å². The van der Waals surface area contributed by atoms with Crippen LogP contribution < -0.4 is 0 Å². The fourth-order valence-electron chi connectivity index (χ4n) is 2.03. The van der Waals surface area contributed by atoms with Crippen molar-refractivity contribution in [2.75, 3.05) is 7.05 Å². The predicted octanol–water partition coefficient (Wildman–Crippen LogP) is 4.92. The van der Waals surface area contributed by atoms with Crippen molar-refractivity contribution in [3.8, 4) is 0 Å². The van der Waals surface area contributed by atoms with Crippen molar-refractivity contribution in [1.29, 1.82) is 0 Å². The molecule has 0 heterocycles. The van der Waals surface area contributed by atoms with Crippen LogP contribution in [-0.4, -0.2) is 17.9 Å². The number of benzene rings is 2. The summed E-state index contributed by atoms with van der Waals surface area (Å²) in [6.07, 6.45) is 0. The van der Waals surface area contributed by atoms with Crippen LogP contribution in [0.25, 0.3) is 0 Å². The summed E-state index contributed by atoms with van der Waals surface area (Å²) in [5.41, 5.74) is 0.982. The van der Waals surface area contributed by atoms with Gasteiger partial charge < -0.3 is 4.90 Å². The summed E-state index contributed by atoms with van der Waals surface area (Å²) in [6, 6.07) is 11.3. The first-order valence-corrected chi connectivity index (χ1v) is 7.84. The van der Waals surface area contributed by atoms with Crippen LogP contribution in [0.4, 0.5) is 4.39 Å². The number of nitrogens with zero attached hydrogens (tertiary/aromatic N) is 1. The zero-order valence-corrected chi connectivity index (χ0v) is 14.5. The first kappa shape index (κ1) is 16.2. The van der Waals surface area contributed by atoms with Crippen molar-refractivity contribution >= 4 is 40.1 Å². The standard InChI is InChI=1S/C16H14ClFINO/c1-10(12-5-3-4-6-14(12)18)20(2)16(21)11-7-8-15(19)13(17)9-11/h3-10H,1-2H3. The van der Waals surface area contributed by atoms with E-state index in [2.05, 4.69) is 22.6 Å². The molecular formula is C16H14ClFINO. The van der Waals surface area contributed by atoms with Crippen LogP contribution in [0.1, 0.15) is 28.9 Å². The second-order valence-corrected chi connectivity index (χ2v) is 6.31. The lowest BCUT2D eigenvalue weighted by atomic mass is 10.1. The molecule has 0 spiro atoms. The molecule has 0 N–H and O–H groups in total. The molecule has 21 heavy (non-hydrogen) atoms. The summed E-state index contributed by atoms with van der Waals surface area (Å²) in [5.74, 6) is -0.505. The van der Waals surface area contributed by atoms with Crippen molar-refractivity contribution < 1.29 is 9.18 Å². The monoisotopic (exact) mass is 417 g/mol. The van der Waals surface area contributed by atoms with E-state index in [0.717, 1.165) is 3.57 Å². The predicted molar refractivity (Wildman–Crippen MR) is 91.1 cm³/mol. The number of hydrogen-bond acceptors (Lipinski definition) is 1. The maximum Gasteiger partial charge on any atom is 0.254 e. The summed E-state index contributed by atoms with van der Waals surface area (Å²) >= 11 is 8.15. The van der Waals surface area contributed by atoms with E-state index in [4.69, 9.17) is 11.6 Å². The minimum atomic E-state index is -0.364. The van der Waals surface area contributed by atoms with E-state index in [9.17, 15) is 9.18 Å². The molecule has 1 atom stereocenters. The highest BCUT2D eigenvalue weighted by molar-refractivity contribution is 14.1. The number of hydrogen-bond donors (Lipinski definition) is 0. The third-order valence-corrected chi connectivity index (χ3v) is 5.00. The Labute approximate surface area is 142 Å². The Hall–Kier alpha value is -1.14. The van der Waals surface area contributed by atoms with Gasteiger partial charge in [-0.25, -0.2) is 4.39 Å². The van der Waals surface area contributed by atoms with Gasteiger partial charge >= 0.3 is 0 Å². The van der Waals surface area contributed by atoms with Gasteiger partial charge in [0.1, 0.15) is 5.82 Å². The topological polar surface area (TPSA) is 20.3 Å². The van der Waals surface area contributed by atoms with E-state index in [1.807, 2.05) is 0 Å². The van der Waals surface area contributed by atoms with Gasteiger partial charge in [-0.2, -0.15) is 0 Å². The van der Waals surface area contributed by atoms with Gasteiger partial charge in [-0.15, -0.1) is 0 Å². The summed E-state index contributed by atoms with van der Waals surface area (Å²) in [7, 11) is 1.66. The minimum Gasteiger partial charge on any atom is -0.335 e. The smallest absolute Gasteiger partial charge is 0.254 e. The Bertz CT molecular complexity index is 677. The van der Waals surface area contributed by atoms with Gasteiger partial charge in [-0.3, -0.25) is 4.79 Å². The Balaban J connectivity index is 2.26. The zero-order valence-electron chi connectivity index (χ0n) is 11.6. The second-order valence-electron chi connectivity index (χ2n) is 4.74. The molecule has 1 unspecified atom stereocenters. The summed E-state index contributed by atoms with van der Waals surface area (Å²) in [5, 5.41) is 0.536. The molecule has 1 amide bonds. The molecule has 0 fully saturated rings. The van der Waals surface area contributed by atoms with Gasteiger partial charge in [0.2, 0.25) is 0 Å². The Morgan fingerprint density at radius 3 is 2.57 bits per heavy atom. The average molecular weight is 418 g/mol. The fraction of sp³-hybridized carbons (Fsp3) is 0.188. The first-order chi connectivity index (χ1) is 9.91. The van der Waals surface area contributed by atoms with Crippen LogP contribution in [-0.2, 0) is 0 Å². The van der Waals surface area contributed by atoms with Gasteiger partial charge in [0, 0.05) is 21.7 Å². The average Bonchev–Trinajstić information content (AvgIpc) is 2.48. The van der Waals surface area contributed by atoms with Gasteiger partial charge in [0.05, 0.1) is 11.1 Å². The lowest BCUT2D eigenvalue weighted by Gasteiger charge is -2.26. The van der Waals surface area contributed by atoms with Crippen LogP contribution in [0.5, 0.6) is 0 Å². The fourth-order valence-corrected chi connectivity index (χ4v) is 2.55. The SMILES string of the molecule is CC(c1ccccc1F)N(C)C(=O)c1ccc(I)c(Cl)c1. The van der Waals surface area contributed by atoms with Gasteiger partial charge in [0.25, 0.3) is 5.91 Å². The molecular weight excluding hydrogens is 404 g/mol. The maximum absolute atomic E-state index is 13.8. The van der Waals surface area contributed by atoms with Gasteiger partial charge in [-0.1, -0.05) is 29.8 Å². The molecule has 2 nitrogen and oxygen atoms in total. The van der Waals surface area contributed by atoms with E-state index in [0.29, 0.717) is 16.1 Å². The lowest BCUT2D eigenvalue weighted by molar-refractivity contribution is 0.0740. The molecule has 2 aromatic rings. The molecule has 0 bridgehead atoms. The molecule has 0 aromatic heterocycles. The molecule has 110 valence electrons. The van der Waals surface area contributed by atoms with Crippen LogP contribution >= 0.6 is 34.2 Å². The van der Waals surface area contributed by atoms with Crippen LogP contribution in [0.15, 0.2) is 42.5 Å². The number of carbonyl (C=O) groups excluding carboxylic acids is 1. The van der Waals surface area contributed by atoms with Gasteiger partial charge in [-0.05, 0) is 53.8 Å². The summed E-state index contributed by atoms with van der Waals surface area (Å²) < 4.78 is 14.7. The molecule has 0 aliphatic rings. The number of halogens is 3. The van der Waals surface area contributed by atoms with Crippen LogP contribution in [0.2, 0.25) is 5.02 Å². The Morgan fingerprint density at radius 2 is 1.95 bits per heavy atom. The van der Waals surface area contributed by atoms with E-state index in [-0.39, 0.29) is 17.8 Å². The molecule has 2 aromatic carbocycles. The maximum atomic E-state index is 13.8. The number of amides is 1. The molecule has 0 aliphatic heterocycles. The summed E-state index contributed by atoms with van der Waals surface area (Å²) in [4.78, 5) is 14.0. The second kappa shape index (κ2) is 6.75. The highest BCUT2D eigenvalue weighted by Crippen LogP contribution is 2.25. The molecule has 2 rings (SSSR count). The first-order valence-electron chi connectivity index (χ1n) is 6.38. The number of rotatable bonds is 3.